The lowest BCUT2D eigenvalue weighted by Crippen LogP contribution is -1.95. The van der Waals surface area contributed by atoms with Crippen LogP contribution in [0.25, 0.3) is 11.1 Å². The summed E-state index contributed by atoms with van der Waals surface area (Å²) in [6, 6.07) is 6.51. The van der Waals surface area contributed by atoms with E-state index < -0.39 is 0 Å². The van der Waals surface area contributed by atoms with Crippen LogP contribution in [0.2, 0.25) is 0 Å². The van der Waals surface area contributed by atoms with Crippen LogP contribution in [0, 0.1) is 5.82 Å². The molecule has 1 heterocycles. The van der Waals surface area contributed by atoms with Crippen molar-refractivity contribution in [2.45, 2.75) is 25.4 Å². The molecule has 0 radical (unpaired) electrons. The Labute approximate surface area is 105 Å². The lowest BCUT2D eigenvalue weighted by molar-refractivity contribution is 0.282. The number of nitrogens with zero attached hydrogens (tertiary/aromatic N) is 1. The maximum absolute atomic E-state index is 13.2. The molecule has 0 unspecified atom stereocenters. The number of aliphatic hydroxyl groups excluding tert-OH is 1. The third-order valence-electron chi connectivity index (χ3n) is 3.40. The molecule has 0 atom stereocenters. The molecular formula is C15H14FNO. The number of pyridine rings is 1. The van der Waals surface area contributed by atoms with Crippen molar-refractivity contribution in [3.05, 3.63) is 53.6 Å². The summed E-state index contributed by atoms with van der Waals surface area (Å²) in [5, 5.41) is 9.37. The average Bonchev–Trinajstić information content (AvgIpc) is 3.23. The molecule has 18 heavy (non-hydrogen) atoms. The van der Waals surface area contributed by atoms with Crippen molar-refractivity contribution in [1.82, 2.24) is 4.98 Å². The van der Waals surface area contributed by atoms with Crippen LogP contribution in [0.15, 0.2) is 36.7 Å². The van der Waals surface area contributed by atoms with E-state index in [9.17, 15) is 9.50 Å². The highest BCUT2D eigenvalue weighted by molar-refractivity contribution is 5.71. The molecule has 1 aliphatic carbocycles. The predicted molar refractivity (Wildman–Crippen MR) is 67.5 cm³/mol. The van der Waals surface area contributed by atoms with Crippen LogP contribution in [0.5, 0.6) is 0 Å². The normalized spacial score (nSPS) is 14.8. The third kappa shape index (κ3) is 2.02. The second kappa shape index (κ2) is 4.50. The second-order valence-corrected chi connectivity index (χ2v) is 4.70. The number of hydrogen-bond donors (Lipinski definition) is 1. The number of halogens is 1. The zero-order chi connectivity index (χ0) is 12.5. The maximum Gasteiger partial charge on any atom is 0.123 e. The molecule has 1 aromatic carbocycles. The minimum atomic E-state index is -0.315. The summed E-state index contributed by atoms with van der Waals surface area (Å²) in [4.78, 5) is 4.17. The first-order valence-electron chi connectivity index (χ1n) is 6.13. The van der Waals surface area contributed by atoms with E-state index >= 15 is 0 Å². The highest BCUT2D eigenvalue weighted by Crippen LogP contribution is 2.44. The lowest BCUT2D eigenvalue weighted by atomic mass is 9.95. The Hall–Kier alpha value is -1.74. The van der Waals surface area contributed by atoms with Gasteiger partial charge < -0.3 is 5.11 Å². The topological polar surface area (TPSA) is 33.1 Å². The highest BCUT2D eigenvalue weighted by Gasteiger charge is 2.27. The molecule has 0 amide bonds. The molecule has 0 bridgehead atoms. The molecule has 2 nitrogen and oxygen atoms in total. The lowest BCUT2D eigenvalue weighted by Gasteiger charge is -2.12. The van der Waals surface area contributed by atoms with Crippen molar-refractivity contribution in [1.29, 1.82) is 0 Å². The number of hydrogen-bond acceptors (Lipinski definition) is 2. The molecule has 1 saturated carbocycles. The monoisotopic (exact) mass is 243 g/mol. The van der Waals surface area contributed by atoms with Crippen LogP contribution in [0.1, 0.15) is 29.9 Å². The van der Waals surface area contributed by atoms with Gasteiger partial charge in [0, 0.05) is 12.4 Å². The van der Waals surface area contributed by atoms with Crippen molar-refractivity contribution in [2.75, 3.05) is 0 Å². The number of benzene rings is 1. The Kier molecular flexibility index (Phi) is 2.84. The Morgan fingerprint density at radius 1 is 1.22 bits per heavy atom. The van der Waals surface area contributed by atoms with Crippen molar-refractivity contribution >= 4 is 0 Å². The van der Waals surface area contributed by atoms with Crippen molar-refractivity contribution < 1.29 is 9.50 Å². The van der Waals surface area contributed by atoms with Gasteiger partial charge in [0.2, 0.25) is 0 Å². The summed E-state index contributed by atoms with van der Waals surface area (Å²) in [5.41, 5.74) is 3.81. The van der Waals surface area contributed by atoms with E-state index in [1.807, 2.05) is 12.3 Å². The first-order chi connectivity index (χ1) is 8.79. The van der Waals surface area contributed by atoms with E-state index in [-0.39, 0.29) is 12.4 Å². The molecule has 3 rings (SSSR count). The molecule has 1 aromatic heterocycles. The SMILES string of the molecule is OCc1cc(F)ccc1-c1ccncc1C1CC1. The Morgan fingerprint density at radius 3 is 2.78 bits per heavy atom. The molecule has 3 heteroatoms. The van der Waals surface area contributed by atoms with Gasteiger partial charge in [-0.3, -0.25) is 4.98 Å². The number of aromatic nitrogens is 1. The molecule has 2 aromatic rings. The van der Waals surface area contributed by atoms with Gasteiger partial charge in [-0.15, -0.1) is 0 Å². The van der Waals surface area contributed by atoms with Gasteiger partial charge in [-0.25, -0.2) is 4.39 Å². The molecule has 0 aliphatic heterocycles. The summed E-state index contributed by atoms with van der Waals surface area (Å²) in [6.07, 6.45) is 6.01. The molecule has 0 spiro atoms. The summed E-state index contributed by atoms with van der Waals surface area (Å²) < 4.78 is 13.2. The van der Waals surface area contributed by atoms with E-state index in [2.05, 4.69) is 4.98 Å². The van der Waals surface area contributed by atoms with E-state index in [0.29, 0.717) is 11.5 Å². The van der Waals surface area contributed by atoms with Gasteiger partial charge in [0.15, 0.2) is 0 Å². The third-order valence-corrected chi connectivity index (χ3v) is 3.40. The van der Waals surface area contributed by atoms with Crippen LogP contribution in [-0.4, -0.2) is 10.1 Å². The quantitative estimate of drug-likeness (QED) is 0.897. The van der Waals surface area contributed by atoms with E-state index in [1.165, 1.54) is 30.5 Å². The Bertz CT molecular complexity index is 578. The van der Waals surface area contributed by atoms with Gasteiger partial charge in [-0.1, -0.05) is 6.07 Å². The zero-order valence-electron chi connectivity index (χ0n) is 9.94. The van der Waals surface area contributed by atoms with Gasteiger partial charge in [0.1, 0.15) is 5.82 Å². The summed E-state index contributed by atoms with van der Waals surface area (Å²) in [5.74, 6) is 0.259. The van der Waals surface area contributed by atoms with E-state index in [1.54, 1.807) is 12.3 Å². The van der Waals surface area contributed by atoms with Crippen LogP contribution in [0.4, 0.5) is 4.39 Å². The van der Waals surface area contributed by atoms with Gasteiger partial charge in [-0.05, 0) is 59.2 Å². The minimum Gasteiger partial charge on any atom is -0.392 e. The maximum atomic E-state index is 13.2. The predicted octanol–water partition coefficient (Wildman–Crippen LogP) is 3.26. The molecular weight excluding hydrogens is 229 g/mol. The molecule has 1 N–H and O–H groups in total. The van der Waals surface area contributed by atoms with Crippen molar-refractivity contribution in [3.63, 3.8) is 0 Å². The van der Waals surface area contributed by atoms with Crippen LogP contribution in [-0.2, 0) is 6.61 Å². The Balaban J connectivity index is 2.14. The largest absolute Gasteiger partial charge is 0.392 e. The standard InChI is InChI=1S/C15H14FNO/c16-12-3-4-13(11(7-12)9-18)14-5-6-17-8-15(14)10-1-2-10/h3-8,10,18H,1-2,9H2. The first-order valence-corrected chi connectivity index (χ1v) is 6.13. The van der Waals surface area contributed by atoms with Gasteiger partial charge in [0.05, 0.1) is 6.61 Å². The summed E-state index contributed by atoms with van der Waals surface area (Å²) in [7, 11) is 0. The fourth-order valence-electron chi connectivity index (χ4n) is 2.33. The highest BCUT2D eigenvalue weighted by atomic mass is 19.1. The van der Waals surface area contributed by atoms with Gasteiger partial charge in [-0.2, -0.15) is 0 Å². The summed E-state index contributed by atoms with van der Waals surface area (Å²) in [6.45, 7) is -0.153. The van der Waals surface area contributed by atoms with Crippen LogP contribution in [0.3, 0.4) is 0 Å². The summed E-state index contributed by atoms with van der Waals surface area (Å²) >= 11 is 0. The van der Waals surface area contributed by atoms with E-state index in [0.717, 1.165) is 11.1 Å². The van der Waals surface area contributed by atoms with Crippen LogP contribution < -0.4 is 0 Å². The molecule has 0 saturated heterocycles. The molecule has 92 valence electrons. The smallest absolute Gasteiger partial charge is 0.123 e. The Morgan fingerprint density at radius 2 is 2.06 bits per heavy atom. The second-order valence-electron chi connectivity index (χ2n) is 4.70. The molecule has 1 aliphatic rings. The molecule has 1 fully saturated rings. The van der Waals surface area contributed by atoms with E-state index in [4.69, 9.17) is 0 Å². The fourth-order valence-corrected chi connectivity index (χ4v) is 2.33. The van der Waals surface area contributed by atoms with Gasteiger partial charge in [0.25, 0.3) is 0 Å². The first kappa shape index (κ1) is 11.4. The van der Waals surface area contributed by atoms with Crippen molar-refractivity contribution in [3.8, 4) is 11.1 Å². The fraction of sp³-hybridized carbons (Fsp3) is 0.267. The van der Waals surface area contributed by atoms with Crippen LogP contribution >= 0.6 is 0 Å². The van der Waals surface area contributed by atoms with Gasteiger partial charge >= 0.3 is 0 Å². The number of aliphatic hydroxyl groups is 1. The minimum absolute atomic E-state index is 0.153. The van der Waals surface area contributed by atoms with Crippen molar-refractivity contribution in [2.24, 2.45) is 0 Å². The number of rotatable bonds is 3. The average molecular weight is 243 g/mol. The zero-order valence-corrected chi connectivity index (χ0v) is 9.94.